The van der Waals surface area contributed by atoms with Crippen molar-refractivity contribution in [1.29, 1.82) is 0 Å². The number of ether oxygens (including phenoxy) is 1. The Morgan fingerprint density at radius 2 is 2.00 bits per heavy atom. The van der Waals surface area contributed by atoms with Gasteiger partial charge in [0.05, 0.1) is 6.10 Å². The molecule has 0 spiro atoms. The molecule has 0 heterocycles. The van der Waals surface area contributed by atoms with Crippen LogP contribution in [0.4, 0.5) is 0 Å². The van der Waals surface area contributed by atoms with Crippen molar-refractivity contribution in [3.8, 4) is 0 Å². The number of rotatable bonds is 6. The van der Waals surface area contributed by atoms with Crippen molar-refractivity contribution in [1.82, 2.24) is 5.32 Å². The average Bonchev–Trinajstić information content (AvgIpc) is 2.66. The van der Waals surface area contributed by atoms with Crippen LogP contribution in [0.1, 0.15) is 46.0 Å². The molecule has 0 bridgehead atoms. The van der Waals surface area contributed by atoms with Gasteiger partial charge in [0, 0.05) is 12.6 Å². The largest absolute Gasteiger partial charge is 0.377 e. The van der Waals surface area contributed by atoms with Crippen LogP contribution in [-0.4, -0.2) is 25.8 Å². The van der Waals surface area contributed by atoms with Crippen LogP contribution in [0.2, 0.25) is 0 Å². The van der Waals surface area contributed by atoms with Crippen LogP contribution in [0.5, 0.6) is 0 Å². The van der Waals surface area contributed by atoms with Gasteiger partial charge in [-0.2, -0.15) is 0 Å². The number of hydrogen-bond donors (Lipinski definition) is 1. The van der Waals surface area contributed by atoms with Crippen molar-refractivity contribution in [2.45, 2.75) is 58.1 Å². The minimum atomic E-state index is 0.352. The fourth-order valence-electron chi connectivity index (χ4n) is 2.53. The summed E-state index contributed by atoms with van der Waals surface area (Å²) < 4.78 is 5.64. The van der Waals surface area contributed by atoms with E-state index < -0.39 is 0 Å². The molecule has 0 saturated heterocycles. The van der Waals surface area contributed by atoms with Gasteiger partial charge in [-0.25, -0.2) is 0 Å². The van der Waals surface area contributed by atoms with Gasteiger partial charge in [-0.1, -0.05) is 25.7 Å². The highest BCUT2D eigenvalue weighted by atomic mass is 16.5. The molecule has 2 atom stereocenters. The molecule has 14 heavy (non-hydrogen) atoms. The molecule has 0 radical (unpaired) electrons. The van der Waals surface area contributed by atoms with Gasteiger partial charge < -0.3 is 10.1 Å². The van der Waals surface area contributed by atoms with Gasteiger partial charge in [-0.15, -0.1) is 0 Å². The van der Waals surface area contributed by atoms with E-state index in [0.717, 1.165) is 12.5 Å². The van der Waals surface area contributed by atoms with E-state index >= 15 is 0 Å². The molecular weight excluding hydrogens is 174 g/mol. The van der Waals surface area contributed by atoms with E-state index in [4.69, 9.17) is 4.74 Å². The van der Waals surface area contributed by atoms with Crippen LogP contribution in [0.25, 0.3) is 0 Å². The minimum Gasteiger partial charge on any atom is -0.377 e. The summed E-state index contributed by atoms with van der Waals surface area (Å²) >= 11 is 0. The topological polar surface area (TPSA) is 21.3 Å². The second kappa shape index (κ2) is 6.41. The molecular formula is C12H25NO. The Hall–Kier alpha value is -0.0800. The van der Waals surface area contributed by atoms with Crippen LogP contribution in [0.15, 0.2) is 0 Å². The van der Waals surface area contributed by atoms with Gasteiger partial charge in [0.25, 0.3) is 0 Å². The van der Waals surface area contributed by atoms with Gasteiger partial charge in [-0.05, 0) is 33.2 Å². The van der Waals surface area contributed by atoms with Gasteiger partial charge in [-0.3, -0.25) is 0 Å². The molecule has 1 fully saturated rings. The van der Waals surface area contributed by atoms with Gasteiger partial charge >= 0.3 is 0 Å². The van der Waals surface area contributed by atoms with Crippen molar-refractivity contribution in [2.75, 3.05) is 13.7 Å². The molecule has 1 rings (SSSR count). The molecule has 1 aliphatic carbocycles. The maximum absolute atomic E-state index is 5.64. The Balaban J connectivity index is 2.29. The summed E-state index contributed by atoms with van der Waals surface area (Å²) in [5.41, 5.74) is 0. The zero-order valence-corrected chi connectivity index (χ0v) is 9.88. The van der Waals surface area contributed by atoms with Crippen molar-refractivity contribution in [3.05, 3.63) is 0 Å². The molecule has 0 aromatic heterocycles. The number of hydrogen-bond acceptors (Lipinski definition) is 2. The maximum Gasteiger partial charge on any atom is 0.0699 e. The highest BCUT2D eigenvalue weighted by molar-refractivity contribution is 4.78. The van der Waals surface area contributed by atoms with Crippen molar-refractivity contribution >= 4 is 0 Å². The highest BCUT2D eigenvalue weighted by Crippen LogP contribution is 2.29. The normalized spacial score (nSPS) is 22.5. The van der Waals surface area contributed by atoms with Gasteiger partial charge in [0.1, 0.15) is 0 Å². The quantitative estimate of drug-likeness (QED) is 0.710. The molecule has 0 amide bonds. The SMILES string of the molecule is CCOC(C)C(CC1CCCC1)NC. The monoisotopic (exact) mass is 199 g/mol. The predicted molar refractivity (Wildman–Crippen MR) is 60.5 cm³/mol. The lowest BCUT2D eigenvalue weighted by molar-refractivity contribution is 0.0429. The fraction of sp³-hybridized carbons (Fsp3) is 1.00. The number of likely N-dealkylation sites (N-methyl/N-ethyl adjacent to an activating group) is 1. The first-order chi connectivity index (χ1) is 6.77. The van der Waals surface area contributed by atoms with Crippen LogP contribution >= 0.6 is 0 Å². The van der Waals surface area contributed by atoms with E-state index in [9.17, 15) is 0 Å². The second-order valence-electron chi connectivity index (χ2n) is 4.44. The van der Waals surface area contributed by atoms with E-state index in [-0.39, 0.29) is 0 Å². The predicted octanol–water partition coefficient (Wildman–Crippen LogP) is 2.58. The zero-order valence-electron chi connectivity index (χ0n) is 9.88. The molecule has 2 unspecified atom stereocenters. The summed E-state index contributed by atoms with van der Waals surface area (Å²) in [5, 5.41) is 3.39. The van der Waals surface area contributed by atoms with E-state index in [1.54, 1.807) is 0 Å². The Labute approximate surface area is 88.4 Å². The molecule has 1 aliphatic rings. The summed E-state index contributed by atoms with van der Waals surface area (Å²) in [7, 11) is 2.05. The molecule has 1 N–H and O–H groups in total. The lowest BCUT2D eigenvalue weighted by Gasteiger charge is -2.26. The van der Waals surface area contributed by atoms with Crippen LogP contribution < -0.4 is 5.32 Å². The average molecular weight is 199 g/mol. The van der Waals surface area contributed by atoms with E-state index in [2.05, 4.69) is 26.2 Å². The summed E-state index contributed by atoms with van der Waals surface area (Å²) in [4.78, 5) is 0. The van der Waals surface area contributed by atoms with E-state index in [1.165, 1.54) is 32.1 Å². The third kappa shape index (κ3) is 3.58. The first-order valence-corrected chi connectivity index (χ1v) is 6.06. The molecule has 2 heteroatoms. The molecule has 2 nitrogen and oxygen atoms in total. The maximum atomic E-state index is 5.64. The lowest BCUT2D eigenvalue weighted by Crippen LogP contribution is -2.38. The highest BCUT2D eigenvalue weighted by Gasteiger charge is 2.22. The van der Waals surface area contributed by atoms with Gasteiger partial charge in [0.15, 0.2) is 0 Å². The molecule has 0 aromatic rings. The third-order valence-corrected chi connectivity index (χ3v) is 3.43. The molecule has 0 aliphatic heterocycles. The summed E-state index contributed by atoms with van der Waals surface area (Å²) in [6.07, 6.45) is 7.37. The first-order valence-electron chi connectivity index (χ1n) is 6.06. The lowest BCUT2D eigenvalue weighted by atomic mass is 9.95. The van der Waals surface area contributed by atoms with Crippen LogP contribution in [-0.2, 0) is 4.74 Å². The number of nitrogens with one attached hydrogen (secondary N) is 1. The molecule has 1 saturated carbocycles. The van der Waals surface area contributed by atoms with E-state index in [1.807, 2.05) is 0 Å². The third-order valence-electron chi connectivity index (χ3n) is 3.43. The Morgan fingerprint density at radius 3 is 2.50 bits per heavy atom. The Bertz CT molecular complexity index is 143. The van der Waals surface area contributed by atoms with Crippen molar-refractivity contribution in [2.24, 2.45) is 5.92 Å². The Morgan fingerprint density at radius 1 is 1.36 bits per heavy atom. The van der Waals surface area contributed by atoms with Gasteiger partial charge in [0.2, 0.25) is 0 Å². The second-order valence-corrected chi connectivity index (χ2v) is 4.44. The standard InChI is InChI=1S/C12H25NO/c1-4-14-10(2)12(13-3)9-11-7-5-6-8-11/h10-13H,4-9H2,1-3H3. The van der Waals surface area contributed by atoms with Crippen LogP contribution in [0.3, 0.4) is 0 Å². The van der Waals surface area contributed by atoms with E-state index in [0.29, 0.717) is 12.1 Å². The minimum absolute atomic E-state index is 0.352. The van der Waals surface area contributed by atoms with Crippen molar-refractivity contribution < 1.29 is 4.74 Å². The Kier molecular flexibility index (Phi) is 5.49. The fourth-order valence-corrected chi connectivity index (χ4v) is 2.53. The van der Waals surface area contributed by atoms with Crippen LogP contribution in [0, 0.1) is 5.92 Å². The molecule has 0 aromatic carbocycles. The van der Waals surface area contributed by atoms with Crippen molar-refractivity contribution in [3.63, 3.8) is 0 Å². The smallest absolute Gasteiger partial charge is 0.0699 e. The zero-order chi connectivity index (χ0) is 10.4. The summed E-state index contributed by atoms with van der Waals surface area (Å²) in [6.45, 7) is 5.07. The molecule has 84 valence electrons. The first kappa shape index (κ1) is 12.0. The summed E-state index contributed by atoms with van der Waals surface area (Å²) in [6, 6.07) is 0.540. The summed E-state index contributed by atoms with van der Waals surface area (Å²) in [5.74, 6) is 0.940.